The van der Waals surface area contributed by atoms with Crippen LogP contribution in [0.2, 0.25) is 0 Å². The molecule has 0 aromatic carbocycles. The number of likely N-dealkylation sites (tertiary alicyclic amines) is 1. The van der Waals surface area contributed by atoms with Gasteiger partial charge in [0.2, 0.25) is 0 Å². The molecule has 0 saturated carbocycles. The van der Waals surface area contributed by atoms with E-state index in [1.165, 1.54) is 0 Å². The molecule has 0 radical (unpaired) electrons. The first-order valence-electron chi connectivity index (χ1n) is 4.11. The molecule has 2 N–H and O–H groups in total. The Bertz CT molecular complexity index is 180. The topological polar surface area (TPSA) is 67.5 Å². The summed E-state index contributed by atoms with van der Waals surface area (Å²) >= 11 is 0. The van der Waals surface area contributed by atoms with Crippen LogP contribution in [0.5, 0.6) is 0 Å². The second kappa shape index (κ2) is 3.85. The summed E-state index contributed by atoms with van der Waals surface area (Å²) < 4.78 is 0. The van der Waals surface area contributed by atoms with Gasteiger partial charge in [-0.15, -0.1) is 0 Å². The average molecular weight is 170 g/mol. The summed E-state index contributed by atoms with van der Waals surface area (Å²) in [5.74, 6) is -0.0394. The highest BCUT2D eigenvalue weighted by Gasteiger charge is 2.29. The van der Waals surface area contributed by atoms with Gasteiger partial charge in [0.25, 0.3) is 0 Å². The lowest BCUT2D eigenvalue weighted by Crippen LogP contribution is -2.26. The molecule has 1 aliphatic heterocycles. The van der Waals surface area contributed by atoms with Gasteiger partial charge in [0, 0.05) is 19.6 Å². The first-order valence-corrected chi connectivity index (χ1v) is 4.11. The highest BCUT2D eigenvalue weighted by Crippen LogP contribution is 2.11. The first kappa shape index (κ1) is 9.46. The smallest absolute Gasteiger partial charge is 0.0938 e. The number of nitriles is 1. The summed E-state index contributed by atoms with van der Waals surface area (Å²) in [5, 5.41) is 26.9. The van der Waals surface area contributed by atoms with Gasteiger partial charge in [0.05, 0.1) is 24.2 Å². The SMILES string of the molecule is CC(C#N)CN1C[C@@H](O)[C@@H](O)C1. The van der Waals surface area contributed by atoms with Crippen LogP contribution in [0, 0.1) is 17.2 Å². The monoisotopic (exact) mass is 170 g/mol. The molecule has 0 aromatic heterocycles. The lowest BCUT2D eigenvalue weighted by molar-refractivity contribution is 0.0572. The van der Waals surface area contributed by atoms with E-state index in [1.807, 2.05) is 11.8 Å². The molecule has 1 heterocycles. The minimum Gasteiger partial charge on any atom is -0.389 e. The van der Waals surface area contributed by atoms with Gasteiger partial charge < -0.3 is 10.2 Å². The van der Waals surface area contributed by atoms with Gasteiger partial charge >= 0.3 is 0 Å². The Morgan fingerprint density at radius 1 is 1.50 bits per heavy atom. The second-order valence-corrected chi connectivity index (χ2v) is 3.38. The minimum atomic E-state index is -0.643. The Labute approximate surface area is 72.0 Å². The van der Waals surface area contributed by atoms with E-state index in [1.54, 1.807) is 0 Å². The number of hydrogen-bond acceptors (Lipinski definition) is 4. The van der Waals surface area contributed by atoms with Crippen LogP contribution in [0.4, 0.5) is 0 Å². The Hall–Kier alpha value is -0.630. The van der Waals surface area contributed by atoms with Crippen molar-refractivity contribution in [1.82, 2.24) is 4.90 Å². The summed E-state index contributed by atoms with van der Waals surface area (Å²) in [7, 11) is 0. The molecule has 0 aliphatic carbocycles. The third-order valence-corrected chi connectivity index (χ3v) is 2.09. The van der Waals surface area contributed by atoms with Crippen LogP contribution >= 0.6 is 0 Å². The highest BCUT2D eigenvalue weighted by molar-refractivity contribution is 4.88. The van der Waals surface area contributed by atoms with E-state index < -0.39 is 12.2 Å². The van der Waals surface area contributed by atoms with Crippen LogP contribution in [0.1, 0.15) is 6.92 Å². The normalized spacial score (nSPS) is 33.2. The Morgan fingerprint density at radius 2 is 2.00 bits per heavy atom. The van der Waals surface area contributed by atoms with E-state index in [4.69, 9.17) is 5.26 Å². The quantitative estimate of drug-likeness (QED) is 0.568. The van der Waals surface area contributed by atoms with Crippen molar-refractivity contribution in [3.05, 3.63) is 0 Å². The van der Waals surface area contributed by atoms with Crippen molar-refractivity contribution in [2.75, 3.05) is 19.6 Å². The lowest BCUT2D eigenvalue weighted by atomic mass is 10.2. The van der Waals surface area contributed by atoms with Crippen LogP contribution in [-0.4, -0.2) is 47.0 Å². The largest absolute Gasteiger partial charge is 0.389 e. The third-order valence-electron chi connectivity index (χ3n) is 2.09. The molecule has 1 fully saturated rings. The summed E-state index contributed by atoms with van der Waals surface area (Å²) in [6.07, 6.45) is -1.29. The van der Waals surface area contributed by atoms with Gasteiger partial charge in [-0.2, -0.15) is 5.26 Å². The molecule has 4 nitrogen and oxygen atoms in total. The van der Waals surface area contributed by atoms with Crippen LogP contribution in [0.15, 0.2) is 0 Å². The van der Waals surface area contributed by atoms with Crippen LogP contribution in [-0.2, 0) is 0 Å². The fraction of sp³-hybridized carbons (Fsp3) is 0.875. The van der Waals surface area contributed by atoms with Crippen molar-refractivity contribution in [2.45, 2.75) is 19.1 Å². The number of aliphatic hydroxyl groups is 2. The Balaban J connectivity index is 2.33. The predicted molar refractivity (Wildman–Crippen MR) is 43.2 cm³/mol. The molecule has 1 saturated heterocycles. The maximum atomic E-state index is 9.18. The lowest BCUT2D eigenvalue weighted by Gasteiger charge is -2.15. The third kappa shape index (κ3) is 2.18. The van der Waals surface area contributed by atoms with Gasteiger partial charge in [-0.1, -0.05) is 0 Å². The van der Waals surface area contributed by atoms with Gasteiger partial charge in [0.15, 0.2) is 0 Å². The van der Waals surface area contributed by atoms with Gasteiger partial charge in [-0.05, 0) is 6.92 Å². The van der Waals surface area contributed by atoms with Crippen molar-refractivity contribution in [1.29, 1.82) is 5.26 Å². The zero-order chi connectivity index (χ0) is 9.14. The fourth-order valence-electron chi connectivity index (χ4n) is 1.42. The van der Waals surface area contributed by atoms with Crippen LogP contribution in [0.25, 0.3) is 0 Å². The summed E-state index contributed by atoms with van der Waals surface area (Å²) in [6.45, 7) is 3.42. The maximum absolute atomic E-state index is 9.18. The summed E-state index contributed by atoms with van der Waals surface area (Å²) in [5.41, 5.74) is 0. The zero-order valence-electron chi connectivity index (χ0n) is 7.14. The van der Waals surface area contributed by atoms with E-state index in [-0.39, 0.29) is 5.92 Å². The van der Waals surface area contributed by atoms with Gasteiger partial charge in [-0.3, -0.25) is 4.90 Å². The molecule has 0 aromatic rings. The minimum absolute atomic E-state index is 0.0394. The molecule has 0 amide bonds. The van der Waals surface area contributed by atoms with Crippen molar-refractivity contribution < 1.29 is 10.2 Å². The molecule has 0 bridgehead atoms. The first-order chi connectivity index (χ1) is 5.63. The highest BCUT2D eigenvalue weighted by atomic mass is 16.3. The molecular formula is C8H14N2O2. The fourth-order valence-corrected chi connectivity index (χ4v) is 1.42. The van der Waals surface area contributed by atoms with E-state index >= 15 is 0 Å². The van der Waals surface area contributed by atoms with Crippen molar-refractivity contribution in [2.24, 2.45) is 5.92 Å². The average Bonchev–Trinajstić information content (AvgIpc) is 2.31. The molecule has 1 rings (SSSR count). The number of β-amino-alcohol motifs (C(OH)–C–C–N with tert-alkyl or cyclic N) is 2. The molecular weight excluding hydrogens is 156 g/mol. The number of hydrogen-bond donors (Lipinski definition) is 2. The zero-order valence-corrected chi connectivity index (χ0v) is 7.14. The second-order valence-electron chi connectivity index (χ2n) is 3.38. The van der Waals surface area contributed by atoms with Crippen molar-refractivity contribution >= 4 is 0 Å². The molecule has 4 heteroatoms. The number of aliphatic hydroxyl groups excluding tert-OH is 2. The van der Waals surface area contributed by atoms with E-state index in [0.29, 0.717) is 19.6 Å². The summed E-state index contributed by atoms with van der Waals surface area (Å²) in [4.78, 5) is 1.91. The maximum Gasteiger partial charge on any atom is 0.0938 e. The van der Waals surface area contributed by atoms with E-state index in [2.05, 4.69) is 6.07 Å². The van der Waals surface area contributed by atoms with E-state index in [9.17, 15) is 10.2 Å². The molecule has 68 valence electrons. The standard InChI is InChI=1S/C8H14N2O2/c1-6(2-9)3-10-4-7(11)8(12)5-10/h6-8,11-12H,3-5H2,1H3/t6?,7-,8+. The van der Waals surface area contributed by atoms with Gasteiger partial charge in [-0.25, -0.2) is 0 Å². The molecule has 1 unspecified atom stereocenters. The Morgan fingerprint density at radius 3 is 2.42 bits per heavy atom. The van der Waals surface area contributed by atoms with E-state index in [0.717, 1.165) is 0 Å². The van der Waals surface area contributed by atoms with Crippen molar-refractivity contribution in [3.8, 4) is 6.07 Å². The van der Waals surface area contributed by atoms with Crippen molar-refractivity contribution in [3.63, 3.8) is 0 Å². The van der Waals surface area contributed by atoms with Gasteiger partial charge in [0.1, 0.15) is 0 Å². The number of rotatable bonds is 2. The Kier molecular flexibility index (Phi) is 3.04. The predicted octanol–water partition coefficient (Wildman–Crippen LogP) is -0.817. The van der Waals surface area contributed by atoms with Crippen LogP contribution < -0.4 is 0 Å². The number of nitrogens with zero attached hydrogens (tertiary/aromatic N) is 2. The molecule has 0 spiro atoms. The molecule has 12 heavy (non-hydrogen) atoms. The van der Waals surface area contributed by atoms with Crippen LogP contribution in [0.3, 0.4) is 0 Å². The molecule has 3 atom stereocenters. The molecule has 1 aliphatic rings. The summed E-state index contributed by atoms with van der Waals surface area (Å²) in [6, 6.07) is 2.12.